The smallest absolute Gasteiger partial charge is 0.140 e. The number of phenolic OH excluding ortho intramolecular Hbond substituents is 1. The van der Waals surface area contributed by atoms with Crippen LogP contribution in [0.3, 0.4) is 0 Å². The van der Waals surface area contributed by atoms with Gasteiger partial charge in [0.25, 0.3) is 0 Å². The Morgan fingerprint density at radius 1 is 1.00 bits per heavy atom. The highest BCUT2D eigenvalue weighted by Gasteiger charge is 2.25. The van der Waals surface area contributed by atoms with Crippen LogP contribution in [0.4, 0.5) is 11.4 Å². The Morgan fingerprint density at radius 3 is 2.35 bits per heavy atom. The first-order valence-corrected chi connectivity index (χ1v) is 7.81. The lowest BCUT2D eigenvalue weighted by molar-refractivity contribution is 0.141. The van der Waals surface area contributed by atoms with Crippen molar-refractivity contribution in [2.24, 2.45) is 0 Å². The highest BCUT2D eigenvalue weighted by molar-refractivity contribution is 5.61. The van der Waals surface area contributed by atoms with E-state index >= 15 is 0 Å². The Hall–Kier alpha value is -1.42. The molecule has 0 amide bonds. The number of hydrogen-bond donors (Lipinski definition) is 2. The molecule has 3 rings (SSSR count). The van der Waals surface area contributed by atoms with Crippen molar-refractivity contribution in [1.82, 2.24) is 4.90 Å². The molecular formula is C16H25N3O. The predicted octanol–water partition coefficient (Wildman–Crippen LogP) is 2.43. The summed E-state index contributed by atoms with van der Waals surface area (Å²) in [5, 5.41) is 9.73. The van der Waals surface area contributed by atoms with E-state index < -0.39 is 0 Å². The molecule has 0 bridgehead atoms. The van der Waals surface area contributed by atoms with E-state index in [1.807, 2.05) is 6.07 Å². The molecule has 1 aromatic rings. The van der Waals surface area contributed by atoms with Crippen molar-refractivity contribution in [2.45, 2.75) is 38.1 Å². The lowest BCUT2D eigenvalue weighted by Crippen LogP contribution is -2.46. The van der Waals surface area contributed by atoms with E-state index in [9.17, 15) is 5.11 Å². The monoisotopic (exact) mass is 275 g/mol. The summed E-state index contributed by atoms with van der Waals surface area (Å²) in [5.41, 5.74) is 7.21. The summed E-state index contributed by atoms with van der Waals surface area (Å²) in [6, 6.07) is 6.35. The van der Waals surface area contributed by atoms with Crippen LogP contribution in [0.1, 0.15) is 32.1 Å². The summed E-state index contributed by atoms with van der Waals surface area (Å²) in [6.45, 7) is 4.72. The first kappa shape index (κ1) is 13.6. The highest BCUT2D eigenvalue weighted by atomic mass is 16.3. The van der Waals surface area contributed by atoms with E-state index in [4.69, 9.17) is 5.73 Å². The summed E-state index contributed by atoms with van der Waals surface area (Å²) >= 11 is 0. The predicted molar refractivity (Wildman–Crippen MR) is 83.2 cm³/mol. The van der Waals surface area contributed by atoms with E-state index in [-0.39, 0.29) is 5.75 Å². The van der Waals surface area contributed by atoms with Gasteiger partial charge in [0.2, 0.25) is 0 Å². The second kappa shape index (κ2) is 5.92. The standard InChI is InChI=1S/C16H25N3O/c17-15-5-4-14(12-16(15)20)19-10-6-13(7-11-19)18-8-2-1-3-9-18/h4-5,12-13,20H,1-3,6-11,17H2. The first-order valence-electron chi connectivity index (χ1n) is 7.81. The van der Waals surface area contributed by atoms with Gasteiger partial charge in [-0.05, 0) is 50.9 Å². The number of piperidine rings is 2. The maximum atomic E-state index is 9.73. The van der Waals surface area contributed by atoms with Gasteiger partial charge in [-0.1, -0.05) is 6.42 Å². The van der Waals surface area contributed by atoms with Crippen LogP contribution in [0.25, 0.3) is 0 Å². The topological polar surface area (TPSA) is 52.7 Å². The van der Waals surface area contributed by atoms with Crippen LogP contribution >= 0.6 is 0 Å². The van der Waals surface area contributed by atoms with E-state index in [2.05, 4.69) is 9.80 Å². The number of rotatable bonds is 2. The number of nitrogen functional groups attached to an aromatic ring is 1. The fourth-order valence-corrected chi connectivity index (χ4v) is 3.50. The Morgan fingerprint density at radius 2 is 1.70 bits per heavy atom. The Balaban J connectivity index is 1.58. The third-order valence-corrected chi connectivity index (χ3v) is 4.75. The summed E-state index contributed by atoms with van der Waals surface area (Å²) in [5.74, 6) is 0.195. The number of nitrogens with two attached hydrogens (primary N) is 1. The summed E-state index contributed by atoms with van der Waals surface area (Å²) in [7, 11) is 0. The molecule has 0 atom stereocenters. The number of benzene rings is 1. The molecule has 2 aliphatic rings. The van der Waals surface area contributed by atoms with Crippen LogP contribution in [0, 0.1) is 0 Å². The maximum Gasteiger partial charge on any atom is 0.140 e. The van der Waals surface area contributed by atoms with Gasteiger partial charge in [-0.3, -0.25) is 0 Å². The van der Waals surface area contributed by atoms with Crippen molar-refractivity contribution in [2.75, 3.05) is 36.8 Å². The number of anilines is 2. The molecule has 4 nitrogen and oxygen atoms in total. The van der Waals surface area contributed by atoms with Crippen LogP contribution in [-0.4, -0.2) is 42.2 Å². The molecule has 0 spiro atoms. The van der Waals surface area contributed by atoms with E-state index in [0.717, 1.165) is 24.8 Å². The molecule has 0 radical (unpaired) electrons. The van der Waals surface area contributed by atoms with E-state index in [0.29, 0.717) is 5.69 Å². The number of likely N-dealkylation sites (tertiary alicyclic amines) is 1. The molecule has 0 unspecified atom stereocenters. The molecule has 2 fully saturated rings. The fraction of sp³-hybridized carbons (Fsp3) is 0.625. The molecule has 0 aliphatic carbocycles. The molecule has 0 saturated carbocycles. The summed E-state index contributed by atoms with van der Waals surface area (Å²) < 4.78 is 0. The molecule has 0 aromatic heterocycles. The third-order valence-electron chi connectivity index (χ3n) is 4.75. The SMILES string of the molecule is Nc1ccc(N2CCC(N3CCCCC3)CC2)cc1O. The minimum absolute atomic E-state index is 0.195. The minimum atomic E-state index is 0.195. The number of nitrogens with zero attached hydrogens (tertiary/aromatic N) is 2. The number of phenols is 1. The maximum absolute atomic E-state index is 9.73. The summed E-state index contributed by atoms with van der Waals surface area (Å²) in [4.78, 5) is 5.04. The Bertz CT molecular complexity index is 449. The molecule has 3 N–H and O–H groups in total. The van der Waals surface area contributed by atoms with Crippen LogP contribution < -0.4 is 10.6 Å². The lowest BCUT2D eigenvalue weighted by Gasteiger charge is -2.41. The Labute approximate surface area is 121 Å². The minimum Gasteiger partial charge on any atom is -0.506 e. The van der Waals surface area contributed by atoms with Crippen LogP contribution in [0.15, 0.2) is 18.2 Å². The average Bonchev–Trinajstić information content (AvgIpc) is 2.51. The fourth-order valence-electron chi connectivity index (χ4n) is 3.50. The van der Waals surface area contributed by atoms with Crippen LogP contribution in [0.5, 0.6) is 5.75 Å². The van der Waals surface area contributed by atoms with Crippen LogP contribution in [0.2, 0.25) is 0 Å². The van der Waals surface area contributed by atoms with Crippen molar-refractivity contribution >= 4 is 11.4 Å². The average molecular weight is 275 g/mol. The van der Waals surface area contributed by atoms with Gasteiger partial charge in [0.1, 0.15) is 5.75 Å². The zero-order chi connectivity index (χ0) is 13.9. The molecule has 110 valence electrons. The van der Waals surface area contributed by atoms with Gasteiger partial charge in [-0.25, -0.2) is 0 Å². The van der Waals surface area contributed by atoms with E-state index in [1.165, 1.54) is 45.2 Å². The quantitative estimate of drug-likeness (QED) is 0.643. The molecule has 2 heterocycles. The lowest BCUT2D eigenvalue weighted by atomic mass is 9.99. The van der Waals surface area contributed by atoms with Crippen LogP contribution in [-0.2, 0) is 0 Å². The van der Waals surface area contributed by atoms with Crippen molar-refractivity contribution in [1.29, 1.82) is 0 Å². The van der Waals surface area contributed by atoms with Gasteiger partial charge in [0.15, 0.2) is 0 Å². The zero-order valence-electron chi connectivity index (χ0n) is 12.1. The molecule has 1 aromatic carbocycles. The van der Waals surface area contributed by atoms with Gasteiger partial charge in [0, 0.05) is 30.9 Å². The third kappa shape index (κ3) is 2.85. The highest BCUT2D eigenvalue weighted by Crippen LogP contribution is 2.29. The van der Waals surface area contributed by atoms with Crippen molar-refractivity contribution in [3.05, 3.63) is 18.2 Å². The second-order valence-electron chi connectivity index (χ2n) is 6.06. The second-order valence-corrected chi connectivity index (χ2v) is 6.06. The molecule has 20 heavy (non-hydrogen) atoms. The summed E-state index contributed by atoms with van der Waals surface area (Å²) in [6.07, 6.45) is 6.59. The molecule has 4 heteroatoms. The number of hydrogen-bond acceptors (Lipinski definition) is 4. The van der Waals surface area contributed by atoms with Gasteiger partial charge >= 0.3 is 0 Å². The van der Waals surface area contributed by atoms with E-state index in [1.54, 1.807) is 12.1 Å². The molecule has 2 aliphatic heterocycles. The van der Waals surface area contributed by atoms with Gasteiger partial charge < -0.3 is 20.6 Å². The van der Waals surface area contributed by atoms with Gasteiger partial charge in [-0.15, -0.1) is 0 Å². The molecular weight excluding hydrogens is 250 g/mol. The number of aromatic hydroxyl groups is 1. The molecule has 2 saturated heterocycles. The largest absolute Gasteiger partial charge is 0.506 e. The van der Waals surface area contributed by atoms with Crippen molar-refractivity contribution in [3.8, 4) is 5.75 Å². The zero-order valence-corrected chi connectivity index (χ0v) is 12.1. The Kier molecular flexibility index (Phi) is 4.01. The van der Waals surface area contributed by atoms with Crippen molar-refractivity contribution in [3.63, 3.8) is 0 Å². The first-order chi connectivity index (χ1) is 9.74. The van der Waals surface area contributed by atoms with Gasteiger partial charge in [0.05, 0.1) is 5.69 Å². The van der Waals surface area contributed by atoms with Crippen molar-refractivity contribution < 1.29 is 5.11 Å². The van der Waals surface area contributed by atoms with Gasteiger partial charge in [-0.2, -0.15) is 0 Å². The normalized spacial score (nSPS) is 22.1.